The Labute approximate surface area is 223 Å². The van der Waals surface area contributed by atoms with Crippen LogP contribution in [-0.4, -0.2) is 29.7 Å². The molecule has 5 rings (SSSR count). The van der Waals surface area contributed by atoms with Crippen molar-refractivity contribution in [3.63, 3.8) is 0 Å². The van der Waals surface area contributed by atoms with Gasteiger partial charge in [-0.2, -0.15) is 0 Å². The van der Waals surface area contributed by atoms with Crippen molar-refractivity contribution in [2.75, 3.05) is 4.90 Å². The minimum atomic E-state index is -1.04. The van der Waals surface area contributed by atoms with Gasteiger partial charge in [0.25, 0.3) is 11.8 Å². The predicted octanol–water partition coefficient (Wildman–Crippen LogP) is 6.36. The summed E-state index contributed by atoms with van der Waals surface area (Å²) < 4.78 is 11.1. The smallest absolute Gasteiger partial charge is 0.338 e. The number of nitrogens with zero attached hydrogens (tertiary/aromatic N) is 1. The molecule has 1 aliphatic rings. The van der Waals surface area contributed by atoms with Crippen LogP contribution < -0.4 is 9.64 Å². The highest BCUT2D eigenvalue weighted by Crippen LogP contribution is 2.36. The third-order valence-corrected chi connectivity index (χ3v) is 6.27. The van der Waals surface area contributed by atoms with Gasteiger partial charge in [0.2, 0.25) is 5.78 Å². The lowest BCUT2D eigenvalue weighted by molar-refractivity contribution is 0.0318. The lowest BCUT2D eigenvalue weighted by Gasteiger charge is -2.15. The maximum atomic E-state index is 13.2. The second-order valence-electron chi connectivity index (χ2n) is 8.51. The third-order valence-electron chi connectivity index (χ3n) is 5.98. The molecule has 1 aliphatic heterocycles. The second kappa shape index (κ2) is 10.3. The summed E-state index contributed by atoms with van der Waals surface area (Å²) >= 11 is 6.39. The van der Waals surface area contributed by atoms with E-state index < -0.39 is 23.9 Å². The second-order valence-corrected chi connectivity index (χ2v) is 8.92. The van der Waals surface area contributed by atoms with Gasteiger partial charge in [0, 0.05) is 5.56 Å². The normalized spacial score (nSPS) is 13.2. The van der Waals surface area contributed by atoms with Crippen molar-refractivity contribution < 1.29 is 28.7 Å². The molecule has 1 atom stereocenters. The molecule has 188 valence electrons. The first-order valence-corrected chi connectivity index (χ1v) is 12.1. The number of hydrogen-bond acceptors (Lipinski definition) is 6. The van der Waals surface area contributed by atoms with Crippen molar-refractivity contribution in [1.82, 2.24) is 0 Å². The molecule has 7 nitrogen and oxygen atoms in total. The number of para-hydroxylation sites is 1. The van der Waals surface area contributed by atoms with Gasteiger partial charge in [-0.05, 0) is 55.5 Å². The van der Waals surface area contributed by atoms with Gasteiger partial charge in [0.05, 0.1) is 27.4 Å². The molecule has 2 amide bonds. The van der Waals surface area contributed by atoms with Crippen molar-refractivity contribution in [2.24, 2.45) is 0 Å². The monoisotopic (exact) mass is 525 g/mol. The zero-order chi connectivity index (χ0) is 26.8. The Kier molecular flexibility index (Phi) is 6.77. The predicted molar refractivity (Wildman–Crippen MR) is 141 cm³/mol. The summed E-state index contributed by atoms with van der Waals surface area (Å²) in [6.07, 6.45) is -1.04. The topological polar surface area (TPSA) is 90.0 Å². The number of halogens is 1. The molecule has 0 bridgehead atoms. The summed E-state index contributed by atoms with van der Waals surface area (Å²) in [5.41, 5.74) is 0.904. The summed E-state index contributed by atoms with van der Waals surface area (Å²) in [7, 11) is 0. The van der Waals surface area contributed by atoms with Gasteiger partial charge in [-0.15, -0.1) is 0 Å². The number of imide groups is 1. The van der Waals surface area contributed by atoms with Crippen LogP contribution in [0.15, 0.2) is 97.1 Å². The first-order valence-electron chi connectivity index (χ1n) is 11.7. The minimum absolute atomic E-state index is 0.0455. The van der Waals surface area contributed by atoms with E-state index in [1.807, 2.05) is 18.2 Å². The molecule has 1 heterocycles. The zero-order valence-electron chi connectivity index (χ0n) is 20.1. The zero-order valence-corrected chi connectivity index (χ0v) is 20.8. The summed E-state index contributed by atoms with van der Waals surface area (Å²) in [5, 5.41) is 0.212. The van der Waals surface area contributed by atoms with Crippen molar-refractivity contribution in [2.45, 2.75) is 13.0 Å². The van der Waals surface area contributed by atoms with E-state index in [0.29, 0.717) is 17.1 Å². The maximum Gasteiger partial charge on any atom is 0.338 e. The van der Waals surface area contributed by atoms with Crippen LogP contribution in [0.5, 0.6) is 11.5 Å². The largest absolute Gasteiger partial charge is 0.456 e. The van der Waals surface area contributed by atoms with Crippen LogP contribution in [0.2, 0.25) is 5.02 Å². The minimum Gasteiger partial charge on any atom is -0.456 e. The number of carbonyl (C=O) groups excluding carboxylic acids is 4. The highest BCUT2D eigenvalue weighted by atomic mass is 35.5. The molecular formula is C30H20ClNO6. The summed E-state index contributed by atoms with van der Waals surface area (Å²) in [6, 6.07) is 26.2. The van der Waals surface area contributed by atoms with Crippen LogP contribution in [0.4, 0.5) is 5.69 Å². The Hall–Kier alpha value is -4.75. The van der Waals surface area contributed by atoms with Gasteiger partial charge in [-0.1, -0.05) is 60.1 Å². The molecule has 0 N–H and O–H groups in total. The van der Waals surface area contributed by atoms with Crippen LogP contribution in [-0.2, 0) is 4.74 Å². The number of carbonyl (C=O) groups is 4. The SMILES string of the molecule is C[C@@H](OC(=O)c1ccc2c(c1)C(=O)N(c1ccc(Oc3ccccc3)c(Cl)c1)C2=O)C(=O)c1ccccc1. The molecule has 0 fully saturated rings. The summed E-state index contributed by atoms with van der Waals surface area (Å²) in [4.78, 5) is 52.6. The molecule has 0 aromatic heterocycles. The van der Waals surface area contributed by atoms with E-state index in [9.17, 15) is 19.2 Å². The Morgan fingerprint density at radius 2 is 1.42 bits per heavy atom. The number of Topliss-reactive ketones (excluding diaryl/α,β-unsaturated/α-hetero) is 1. The number of hydrogen-bond donors (Lipinski definition) is 0. The Bertz CT molecular complexity index is 1570. The van der Waals surface area contributed by atoms with Crippen LogP contribution in [0, 0.1) is 0 Å². The van der Waals surface area contributed by atoms with E-state index in [1.165, 1.54) is 31.2 Å². The summed E-state index contributed by atoms with van der Waals surface area (Å²) in [5.74, 6) is -1.35. The lowest BCUT2D eigenvalue weighted by Crippen LogP contribution is -2.29. The first-order chi connectivity index (χ1) is 18.3. The highest BCUT2D eigenvalue weighted by molar-refractivity contribution is 6.36. The van der Waals surface area contributed by atoms with E-state index in [1.54, 1.807) is 54.6 Å². The van der Waals surface area contributed by atoms with Gasteiger partial charge in [0.1, 0.15) is 11.5 Å². The third kappa shape index (κ3) is 4.79. The molecular weight excluding hydrogens is 506 g/mol. The molecule has 0 aliphatic carbocycles. The average molecular weight is 526 g/mol. The van der Waals surface area contributed by atoms with Crippen molar-refractivity contribution >= 4 is 40.9 Å². The molecule has 4 aromatic carbocycles. The summed E-state index contributed by atoms with van der Waals surface area (Å²) in [6.45, 7) is 1.48. The van der Waals surface area contributed by atoms with Crippen LogP contribution >= 0.6 is 11.6 Å². The van der Waals surface area contributed by atoms with E-state index in [-0.39, 0.29) is 33.2 Å². The first kappa shape index (κ1) is 24.9. The fourth-order valence-electron chi connectivity index (χ4n) is 4.05. The number of anilines is 1. The fraction of sp³-hybridized carbons (Fsp3) is 0.0667. The maximum absolute atomic E-state index is 13.2. The van der Waals surface area contributed by atoms with Crippen LogP contribution in [0.25, 0.3) is 0 Å². The number of benzene rings is 4. The molecule has 0 saturated heterocycles. The number of esters is 1. The fourth-order valence-corrected chi connectivity index (χ4v) is 4.26. The van der Waals surface area contributed by atoms with E-state index >= 15 is 0 Å². The molecule has 0 spiro atoms. The van der Waals surface area contributed by atoms with E-state index in [2.05, 4.69) is 0 Å². The van der Waals surface area contributed by atoms with Crippen LogP contribution in [0.1, 0.15) is 48.4 Å². The lowest BCUT2D eigenvalue weighted by atomic mass is 10.1. The number of fused-ring (bicyclic) bond motifs is 1. The van der Waals surface area contributed by atoms with Gasteiger partial charge in [0.15, 0.2) is 6.10 Å². The molecule has 4 aromatic rings. The number of amides is 2. The van der Waals surface area contributed by atoms with Crippen molar-refractivity contribution in [3.05, 3.63) is 124 Å². The van der Waals surface area contributed by atoms with Crippen LogP contribution in [0.3, 0.4) is 0 Å². The average Bonchev–Trinajstić information content (AvgIpc) is 3.19. The Morgan fingerprint density at radius 3 is 2.11 bits per heavy atom. The van der Waals surface area contributed by atoms with E-state index in [4.69, 9.17) is 21.1 Å². The van der Waals surface area contributed by atoms with Gasteiger partial charge in [-0.3, -0.25) is 14.4 Å². The Balaban J connectivity index is 1.34. The van der Waals surface area contributed by atoms with Crippen molar-refractivity contribution in [1.29, 1.82) is 0 Å². The highest BCUT2D eigenvalue weighted by Gasteiger charge is 2.37. The van der Waals surface area contributed by atoms with Crippen molar-refractivity contribution in [3.8, 4) is 11.5 Å². The van der Waals surface area contributed by atoms with E-state index in [0.717, 1.165) is 4.90 Å². The molecule has 8 heteroatoms. The van der Waals surface area contributed by atoms with Gasteiger partial charge < -0.3 is 9.47 Å². The van der Waals surface area contributed by atoms with Gasteiger partial charge >= 0.3 is 5.97 Å². The molecule has 0 saturated carbocycles. The number of rotatable bonds is 7. The quantitative estimate of drug-likeness (QED) is 0.158. The standard InChI is InChI=1S/C30H20ClNO6/c1-18(27(33)19-8-4-2-5-9-19)37-30(36)20-12-14-23-24(16-20)29(35)32(28(23)34)21-13-15-26(25(31)17-21)38-22-10-6-3-7-11-22/h2-18H,1H3/t18-/m1/s1. The Morgan fingerprint density at radius 1 is 0.763 bits per heavy atom. The number of ether oxygens (including phenoxy) is 2. The van der Waals surface area contributed by atoms with Gasteiger partial charge in [-0.25, -0.2) is 9.69 Å². The molecule has 0 radical (unpaired) electrons. The molecule has 0 unspecified atom stereocenters. The molecule has 38 heavy (non-hydrogen) atoms. The number of ketones is 1.